The van der Waals surface area contributed by atoms with Gasteiger partial charge < -0.3 is 20.1 Å². The number of nitrogens with zero attached hydrogens (tertiary/aromatic N) is 1. The van der Waals surface area contributed by atoms with Gasteiger partial charge in [0.05, 0.1) is 17.1 Å². The Hall–Kier alpha value is -1.30. The zero-order chi connectivity index (χ0) is 17.7. The highest BCUT2D eigenvalue weighted by atomic mass is 16.5. The molecule has 0 amide bonds. The lowest BCUT2D eigenvalue weighted by atomic mass is 9.48. The molecule has 0 unspecified atom stereocenters. The molecule has 26 heavy (non-hydrogen) atoms. The van der Waals surface area contributed by atoms with Gasteiger partial charge in [-0.15, -0.1) is 0 Å². The summed E-state index contributed by atoms with van der Waals surface area (Å²) in [4.78, 5) is 2.53. The van der Waals surface area contributed by atoms with Crippen molar-refractivity contribution in [3.8, 4) is 11.5 Å². The Bertz CT molecular complexity index is 778. The van der Waals surface area contributed by atoms with Gasteiger partial charge in [0.15, 0.2) is 11.5 Å². The molecule has 3 N–H and O–H groups in total. The Morgan fingerprint density at radius 3 is 2.81 bits per heavy atom. The van der Waals surface area contributed by atoms with Gasteiger partial charge in [0.25, 0.3) is 0 Å². The van der Waals surface area contributed by atoms with E-state index < -0.39 is 23.2 Å². The average molecular weight is 357 g/mol. The highest BCUT2D eigenvalue weighted by Gasteiger charge is 2.72. The predicted molar refractivity (Wildman–Crippen MR) is 95.4 cm³/mol. The van der Waals surface area contributed by atoms with Crippen molar-refractivity contribution in [2.24, 2.45) is 5.92 Å². The fourth-order valence-electron chi connectivity index (χ4n) is 6.83. The molecule has 2 bridgehead atoms. The molecule has 3 fully saturated rings. The first-order valence-electron chi connectivity index (χ1n) is 10.2. The second kappa shape index (κ2) is 4.94. The van der Waals surface area contributed by atoms with Crippen LogP contribution in [0.5, 0.6) is 11.5 Å². The van der Waals surface area contributed by atoms with Crippen molar-refractivity contribution < 1.29 is 20.1 Å². The van der Waals surface area contributed by atoms with Crippen LogP contribution in [0.3, 0.4) is 0 Å². The quantitative estimate of drug-likeness (QED) is 0.751. The molecule has 5 heteroatoms. The van der Waals surface area contributed by atoms with Crippen LogP contribution in [0.15, 0.2) is 12.1 Å². The maximum Gasteiger partial charge on any atom is 0.165 e. The van der Waals surface area contributed by atoms with E-state index in [1.807, 2.05) is 6.07 Å². The molecule has 2 saturated carbocycles. The summed E-state index contributed by atoms with van der Waals surface area (Å²) in [5.41, 5.74) is 0.712. The molecule has 2 heterocycles. The molecule has 0 radical (unpaired) electrons. The van der Waals surface area contributed by atoms with Crippen molar-refractivity contribution in [3.63, 3.8) is 0 Å². The number of piperidine rings is 1. The Kier molecular flexibility index (Phi) is 2.99. The molecule has 2 aliphatic heterocycles. The number of benzene rings is 1. The zero-order valence-corrected chi connectivity index (χ0v) is 15.0. The number of hydrogen-bond donors (Lipinski definition) is 3. The average Bonchev–Trinajstić information content (AvgIpc) is 2.93. The first-order valence-corrected chi connectivity index (χ1v) is 10.2. The minimum atomic E-state index is -0.884. The maximum absolute atomic E-state index is 12.1. The van der Waals surface area contributed by atoms with Crippen LogP contribution in [0.2, 0.25) is 0 Å². The SMILES string of the molecule is Oc1ccc2c3c1O[C@H]1[C@@H](O)CC[C@]4(O)[C@H](C2)N(CC2CCC2)CC[C@@]314. The lowest BCUT2D eigenvalue weighted by molar-refractivity contribution is -0.209. The van der Waals surface area contributed by atoms with Crippen LogP contribution in [-0.2, 0) is 11.8 Å². The highest BCUT2D eigenvalue weighted by Crippen LogP contribution is 2.65. The molecule has 1 saturated heterocycles. The Morgan fingerprint density at radius 1 is 1.19 bits per heavy atom. The molecule has 3 aliphatic carbocycles. The minimum absolute atomic E-state index is 0.0819. The fourth-order valence-corrected chi connectivity index (χ4v) is 6.83. The summed E-state index contributed by atoms with van der Waals surface area (Å²) >= 11 is 0. The maximum atomic E-state index is 12.1. The molecule has 5 nitrogen and oxygen atoms in total. The molecule has 0 aromatic heterocycles. The second-order valence-corrected chi connectivity index (χ2v) is 9.25. The van der Waals surface area contributed by atoms with Crippen molar-refractivity contribution >= 4 is 0 Å². The second-order valence-electron chi connectivity index (χ2n) is 9.25. The van der Waals surface area contributed by atoms with Crippen molar-refractivity contribution in [1.82, 2.24) is 4.90 Å². The number of phenols is 1. The monoisotopic (exact) mass is 357 g/mol. The van der Waals surface area contributed by atoms with E-state index in [2.05, 4.69) is 4.90 Å². The standard InChI is InChI=1S/C21H27NO4/c23-14-5-4-13-10-16-21(25)7-6-15(24)19-20(21,17(13)18(14)26-19)8-9-22(16)11-12-2-1-3-12/h4-5,12,15-16,19,23-25H,1-3,6-11H2/t15-,16-,19-,20+,21-/m0/s1. The summed E-state index contributed by atoms with van der Waals surface area (Å²) in [5, 5.41) is 33.2. The molecule has 5 aliphatic rings. The first kappa shape index (κ1) is 15.7. The molecular formula is C21H27NO4. The van der Waals surface area contributed by atoms with E-state index in [0.29, 0.717) is 18.6 Å². The van der Waals surface area contributed by atoms with Gasteiger partial charge in [-0.05, 0) is 62.6 Å². The molecule has 140 valence electrons. The first-order chi connectivity index (χ1) is 12.5. The zero-order valence-electron chi connectivity index (χ0n) is 15.0. The molecule has 1 aromatic carbocycles. The van der Waals surface area contributed by atoms with Crippen molar-refractivity contribution in [2.45, 2.75) is 74.2 Å². The number of ether oxygens (including phenoxy) is 1. The topological polar surface area (TPSA) is 73.2 Å². The van der Waals surface area contributed by atoms with Crippen molar-refractivity contribution in [2.75, 3.05) is 13.1 Å². The fraction of sp³-hybridized carbons (Fsp3) is 0.714. The minimum Gasteiger partial charge on any atom is -0.504 e. The Balaban J connectivity index is 1.52. The number of rotatable bonds is 2. The number of hydrogen-bond acceptors (Lipinski definition) is 5. The number of aliphatic hydroxyl groups excluding tert-OH is 1. The third-order valence-corrected chi connectivity index (χ3v) is 8.26. The third-order valence-electron chi connectivity index (χ3n) is 8.26. The van der Waals surface area contributed by atoms with Crippen LogP contribution in [0.25, 0.3) is 0 Å². The summed E-state index contributed by atoms with van der Waals surface area (Å²) in [6.45, 7) is 2.02. The van der Waals surface area contributed by atoms with E-state index >= 15 is 0 Å². The van der Waals surface area contributed by atoms with Crippen LogP contribution >= 0.6 is 0 Å². The van der Waals surface area contributed by atoms with Gasteiger partial charge >= 0.3 is 0 Å². The lowest BCUT2D eigenvalue weighted by Crippen LogP contribution is -2.77. The van der Waals surface area contributed by atoms with Gasteiger partial charge in [0, 0.05) is 18.2 Å². The van der Waals surface area contributed by atoms with E-state index in [0.717, 1.165) is 37.4 Å². The van der Waals surface area contributed by atoms with Gasteiger partial charge in [-0.1, -0.05) is 12.5 Å². The lowest BCUT2D eigenvalue weighted by Gasteiger charge is -2.64. The van der Waals surface area contributed by atoms with E-state index in [9.17, 15) is 15.3 Å². The Labute approximate surface area is 153 Å². The highest BCUT2D eigenvalue weighted by molar-refractivity contribution is 5.62. The van der Waals surface area contributed by atoms with Gasteiger partial charge in [0.2, 0.25) is 0 Å². The summed E-state index contributed by atoms with van der Waals surface area (Å²) in [5.74, 6) is 1.42. The van der Waals surface area contributed by atoms with Gasteiger partial charge in [0.1, 0.15) is 6.10 Å². The molecular weight excluding hydrogens is 330 g/mol. The van der Waals surface area contributed by atoms with Gasteiger partial charge in [-0.3, -0.25) is 4.90 Å². The smallest absolute Gasteiger partial charge is 0.165 e. The third kappa shape index (κ3) is 1.64. The largest absolute Gasteiger partial charge is 0.504 e. The van der Waals surface area contributed by atoms with E-state index in [1.54, 1.807) is 6.07 Å². The number of phenolic OH excluding ortho intramolecular Hbond substituents is 1. The number of aliphatic hydroxyl groups is 2. The van der Waals surface area contributed by atoms with Crippen LogP contribution in [-0.4, -0.2) is 57.2 Å². The van der Waals surface area contributed by atoms with E-state index in [1.165, 1.54) is 24.8 Å². The molecule has 1 spiro atoms. The summed E-state index contributed by atoms with van der Waals surface area (Å²) in [6, 6.07) is 3.80. The summed E-state index contributed by atoms with van der Waals surface area (Å²) in [6.07, 6.45) is 5.68. The normalized spacial score (nSPS) is 43.5. The molecule has 6 rings (SSSR count). The number of likely N-dealkylation sites (tertiary alicyclic amines) is 1. The van der Waals surface area contributed by atoms with Crippen molar-refractivity contribution in [3.05, 3.63) is 23.3 Å². The predicted octanol–water partition coefficient (Wildman–Crippen LogP) is 1.71. The summed E-state index contributed by atoms with van der Waals surface area (Å²) in [7, 11) is 0. The molecule has 1 aromatic rings. The van der Waals surface area contributed by atoms with Crippen LogP contribution in [0, 0.1) is 5.92 Å². The number of aromatic hydroxyl groups is 1. The Morgan fingerprint density at radius 2 is 2.04 bits per heavy atom. The van der Waals surface area contributed by atoms with Gasteiger partial charge in [-0.2, -0.15) is 0 Å². The van der Waals surface area contributed by atoms with Crippen molar-refractivity contribution in [1.29, 1.82) is 0 Å². The van der Waals surface area contributed by atoms with Crippen LogP contribution in [0.1, 0.15) is 49.7 Å². The van der Waals surface area contributed by atoms with Crippen LogP contribution in [0.4, 0.5) is 0 Å². The van der Waals surface area contributed by atoms with Gasteiger partial charge in [-0.25, -0.2) is 0 Å². The molecule has 5 atom stereocenters. The van der Waals surface area contributed by atoms with E-state index in [-0.39, 0.29) is 11.8 Å². The van der Waals surface area contributed by atoms with E-state index in [4.69, 9.17) is 4.74 Å². The van der Waals surface area contributed by atoms with Crippen LogP contribution < -0.4 is 4.74 Å². The summed E-state index contributed by atoms with van der Waals surface area (Å²) < 4.78 is 6.16.